The molecular formula is C21H33IN6. The van der Waals surface area contributed by atoms with Crippen LogP contribution in [0.3, 0.4) is 0 Å². The molecule has 154 valence electrons. The van der Waals surface area contributed by atoms with E-state index in [9.17, 15) is 0 Å². The van der Waals surface area contributed by atoms with Gasteiger partial charge in [0.15, 0.2) is 5.96 Å². The number of nitrogens with one attached hydrogen (secondary N) is 2. The number of guanidine groups is 1. The van der Waals surface area contributed by atoms with Gasteiger partial charge in [-0.1, -0.05) is 25.0 Å². The minimum Gasteiger partial charge on any atom is -0.357 e. The lowest BCUT2D eigenvalue weighted by Gasteiger charge is -2.24. The Morgan fingerprint density at radius 3 is 2.75 bits per heavy atom. The molecule has 2 aromatic rings. The fourth-order valence-corrected chi connectivity index (χ4v) is 4.51. The number of hydrogen-bond acceptors (Lipinski definition) is 3. The standard InChI is InChI=1S/C21H32N6.HI/c1-3-22-21(24-16-12-13-27(15-16)17-8-4-5-9-17)23-14-20-25-18-10-6-7-11-19(18)26(20)2;/h6-7,10-11,16-17H,3-5,8-9,12-15H2,1-2H3,(H2,22,23,24);1H. The van der Waals surface area contributed by atoms with Gasteiger partial charge >= 0.3 is 0 Å². The zero-order chi connectivity index (χ0) is 18.6. The number of para-hydroxylation sites is 2. The maximum Gasteiger partial charge on any atom is 0.191 e. The Kier molecular flexibility index (Phi) is 7.56. The third-order valence-corrected chi connectivity index (χ3v) is 6.00. The van der Waals surface area contributed by atoms with Crippen LogP contribution in [0.4, 0.5) is 0 Å². The van der Waals surface area contributed by atoms with Crippen molar-refractivity contribution in [1.29, 1.82) is 0 Å². The number of aliphatic imine (C=N–C) groups is 1. The zero-order valence-corrected chi connectivity index (χ0v) is 19.4. The van der Waals surface area contributed by atoms with Crippen molar-refractivity contribution < 1.29 is 0 Å². The topological polar surface area (TPSA) is 57.5 Å². The minimum atomic E-state index is 0. The van der Waals surface area contributed by atoms with Gasteiger partial charge in [-0.3, -0.25) is 4.90 Å². The molecule has 1 saturated heterocycles. The quantitative estimate of drug-likeness (QED) is 0.379. The van der Waals surface area contributed by atoms with Gasteiger partial charge in [0.1, 0.15) is 12.4 Å². The van der Waals surface area contributed by atoms with Crippen molar-refractivity contribution in [2.24, 2.45) is 12.0 Å². The number of aryl methyl sites for hydroxylation is 1. The highest BCUT2D eigenvalue weighted by Gasteiger charge is 2.30. The van der Waals surface area contributed by atoms with Crippen molar-refractivity contribution >= 4 is 41.0 Å². The Labute approximate surface area is 185 Å². The maximum absolute atomic E-state index is 4.82. The van der Waals surface area contributed by atoms with Gasteiger partial charge in [-0.15, -0.1) is 24.0 Å². The van der Waals surface area contributed by atoms with Gasteiger partial charge in [0.05, 0.1) is 11.0 Å². The van der Waals surface area contributed by atoms with Crippen molar-refractivity contribution in [1.82, 2.24) is 25.1 Å². The molecule has 1 aromatic heterocycles. The SMILES string of the molecule is CCNC(=NCc1nc2ccccc2n1C)NC1CCN(C2CCCC2)C1.I. The van der Waals surface area contributed by atoms with E-state index in [1.165, 1.54) is 38.6 Å². The second-order valence-corrected chi connectivity index (χ2v) is 7.83. The van der Waals surface area contributed by atoms with Crippen LogP contribution in [0.2, 0.25) is 0 Å². The summed E-state index contributed by atoms with van der Waals surface area (Å²) in [6.07, 6.45) is 6.77. The first-order chi connectivity index (χ1) is 13.2. The van der Waals surface area contributed by atoms with E-state index < -0.39 is 0 Å². The molecule has 1 unspecified atom stereocenters. The summed E-state index contributed by atoms with van der Waals surface area (Å²) in [5, 5.41) is 7.05. The van der Waals surface area contributed by atoms with E-state index >= 15 is 0 Å². The van der Waals surface area contributed by atoms with Gasteiger partial charge in [0.2, 0.25) is 0 Å². The number of rotatable bonds is 5. The van der Waals surface area contributed by atoms with Crippen molar-refractivity contribution in [2.45, 2.75) is 57.7 Å². The Bertz CT molecular complexity index is 795. The average molecular weight is 496 g/mol. The van der Waals surface area contributed by atoms with Gasteiger partial charge < -0.3 is 15.2 Å². The Morgan fingerprint density at radius 2 is 2.00 bits per heavy atom. The molecule has 4 rings (SSSR count). The van der Waals surface area contributed by atoms with Gasteiger partial charge in [-0.05, 0) is 38.3 Å². The third-order valence-electron chi connectivity index (χ3n) is 6.00. The first-order valence-corrected chi connectivity index (χ1v) is 10.4. The van der Waals surface area contributed by atoms with Crippen LogP contribution in [-0.2, 0) is 13.6 Å². The van der Waals surface area contributed by atoms with Crippen molar-refractivity contribution in [3.05, 3.63) is 30.1 Å². The normalized spacial score (nSPS) is 21.2. The number of benzene rings is 1. The lowest BCUT2D eigenvalue weighted by atomic mass is 10.2. The highest BCUT2D eigenvalue weighted by molar-refractivity contribution is 14.0. The predicted octanol–water partition coefficient (Wildman–Crippen LogP) is 3.26. The Hall–Kier alpha value is -1.35. The summed E-state index contributed by atoms with van der Waals surface area (Å²) in [4.78, 5) is 12.2. The molecule has 1 aliphatic heterocycles. The number of aromatic nitrogens is 2. The molecule has 0 amide bonds. The summed E-state index contributed by atoms with van der Waals surface area (Å²) in [7, 11) is 2.07. The molecule has 2 fully saturated rings. The predicted molar refractivity (Wildman–Crippen MR) is 126 cm³/mol. The summed E-state index contributed by atoms with van der Waals surface area (Å²) in [5.41, 5.74) is 2.19. The Morgan fingerprint density at radius 1 is 1.21 bits per heavy atom. The molecule has 0 bridgehead atoms. The van der Waals surface area contributed by atoms with Crippen LogP contribution < -0.4 is 10.6 Å². The van der Waals surface area contributed by atoms with Crippen LogP contribution in [0.5, 0.6) is 0 Å². The Balaban J connectivity index is 0.00000225. The van der Waals surface area contributed by atoms with Gasteiger partial charge in [0, 0.05) is 38.8 Å². The van der Waals surface area contributed by atoms with E-state index in [0.717, 1.165) is 41.9 Å². The second-order valence-electron chi connectivity index (χ2n) is 7.83. The van der Waals surface area contributed by atoms with Gasteiger partial charge in [0.25, 0.3) is 0 Å². The van der Waals surface area contributed by atoms with Crippen LogP contribution in [0, 0.1) is 0 Å². The fraction of sp³-hybridized carbons (Fsp3) is 0.619. The minimum absolute atomic E-state index is 0. The highest BCUT2D eigenvalue weighted by atomic mass is 127. The second kappa shape index (κ2) is 9.91. The third kappa shape index (κ3) is 4.79. The van der Waals surface area contributed by atoms with E-state index in [-0.39, 0.29) is 24.0 Å². The van der Waals surface area contributed by atoms with Crippen LogP contribution in [0.1, 0.15) is 44.9 Å². The monoisotopic (exact) mass is 496 g/mol. The molecule has 2 aliphatic rings. The number of hydrogen-bond donors (Lipinski definition) is 2. The largest absolute Gasteiger partial charge is 0.357 e. The molecule has 28 heavy (non-hydrogen) atoms. The molecule has 6 nitrogen and oxygen atoms in total. The summed E-state index contributed by atoms with van der Waals surface area (Å²) in [6, 6.07) is 9.56. The van der Waals surface area contributed by atoms with E-state index in [4.69, 9.17) is 9.98 Å². The summed E-state index contributed by atoms with van der Waals surface area (Å²) in [6.45, 7) is 5.92. The lowest BCUT2D eigenvalue weighted by Crippen LogP contribution is -2.45. The maximum atomic E-state index is 4.82. The highest BCUT2D eigenvalue weighted by Crippen LogP contribution is 2.26. The zero-order valence-electron chi connectivity index (χ0n) is 17.0. The van der Waals surface area contributed by atoms with Crippen LogP contribution in [0.15, 0.2) is 29.3 Å². The number of imidazole rings is 1. The van der Waals surface area contributed by atoms with Gasteiger partial charge in [-0.2, -0.15) is 0 Å². The molecule has 2 heterocycles. The average Bonchev–Trinajstić information content (AvgIpc) is 3.41. The smallest absolute Gasteiger partial charge is 0.191 e. The van der Waals surface area contributed by atoms with Crippen LogP contribution in [-0.4, -0.2) is 52.1 Å². The molecule has 1 aromatic carbocycles. The first kappa shape index (κ1) is 21.4. The number of halogens is 1. The fourth-order valence-electron chi connectivity index (χ4n) is 4.51. The number of nitrogens with zero attached hydrogens (tertiary/aromatic N) is 4. The lowest BCUT2D eigenvalue weighted by molar-refractivity contribution is 0.242. The molecule has 7 heteroatoms. The van der Waals surface area contributed by atoms with Gasteiger partial charge in [-0.25, -0.2) is 9.98 Å². The first-order valence-electron chi connectivity index (χ1n) is 10.4. The van der Waals surface area contributed by atoms with Crippen LogP contribution in [0.25, 0.3) is 11.0 Å². The van der Waals surface area contributed by atoms with Crippen molar-refractivity contribution in [3.8, 4) is 0 Å². The van der Waals surface area contributed by atoms with Crippen LogP contribution >= 0.6 is 24.0 Å². The van der Waals surface area contributed by atoms with E-state index in [1.54, 1.807) is 0 Å². The number of likely N-dealkylation sites (tertiary alicyclic amines) is 1. The van der Waals surface area contributed by atoms with Crippen molar-refractivity contribution in [2.75, 3.05) is 19.6 Å². The summed E-state index contributed by atoms with van der Waals surface area (Å²) in [5.74, 6) is 1.90. The molecule has 1 aliphatic carbocycles. The molecule has 0 spiro atoms. The molecule has 1 saturated carbocycles. The summed E-state index contributed by atoms with van der Waals surface area (Å²) >= 11 is 0. The molecule has 2 N–H and O–H groups in total. The van der Waals surface area contributed by atoms with Crippen molar-refractivity contribution in [3.63, 3.8) is 0 Å². The number of fused-ring (bicyclic) bond motifs is 1. The van der Waals surface area contributed by atoms with E-state index in [0.29, 0.717) is 12.6 Å². The summed E-state index contributed by atoms with van der Waals surface area (Å²) < 4.78 is 2.14. The van der Waals surface area contributed by atoms with E-state index in [1.807, 2.05) is 6.07 Å². The van der Waals surface area contributed by atoms with E-state index in [2.05, 4.69) is 52.3 Å². The molecule has 1 atom stereocenters. The molecule has 0 radical (unpaired) electrons. The molecular weight excluding hydrogens is 463 g/mol.